The van der Waals surface area contributed by atoms with Crippen molar-refractivity contribution in [2.75, 3.05) is 36.5 Å². The molecule has 0 amide bonds. The summed E-state index contributed by atoms with van der Waals surface area (Å²) in [5.41, 5.74) is 0.539. The van der Waals surface area contributed by atoms with Gasteiger partial charge < -0.3 is 19.2 Å². The van der Waals surface area contributed by atoms with Gasteiger partial charge in [-0.1, -0.05) is 17.7 Å². The van der Waals surface area contributed by atoms with Gasteiger partial charge in [0.2, 0.25) is 5.95 Å². The number of hydrogen-bond donors (Lipinski definition) is 0. The first-order valence-corrected chi connectivity index (χ1v) is 12.7. The molecule has 1 fully saturated rings. The molecule has 0 spiro atoms. The molecule has 4 rings (SSSR count). The van der Waals surface area contributed by atoms with E-state index in [9.17, 15) is 13.4 Å². The van der Waals surface area contributed by atoms with Crippen LogP contribution in [0.25, 0.3) is 0 Å². The molecule has 1 aromatic heterocycles. The molecule has 12 heteroatoms. The molecule has 1 saturated heterocycles. The minimum Gasteiger partial charge on any atom is -0.497 e. The monoisotopic (exact) mass is 553 g/mol. The number of halogens is 4. The maximum absolute atomic E-state index is 15.5. The summed E-state index contributed by atoms with van der Waals surface area (Å²) in [5, 5.41) is -0.425. The van der Waals surface area contributed by atoms with Crippen LogP contribution in [0.4, 0.5) is 24.7 Å². The van der Waals surface area contributed by atoms with Gasteiger partial charge in [0.25, 0.3) is 0 Å². The van der Waals surface area contributed by atoms with Crippen LogP contribution in [0.15, 0.2) is 47.4 Å². The molecule has 1 aliphatic rings. The highest BCUT2D eigenvalue weighted by Crippen LogP contribution is 2.38. The molecule has 2 aromatic carbocycles. The summed E-state index contributed by atoms with van der Waals surface area (Å²) in [5.74, 6) is -2.73. The number of carbonyl (C=O) groups excluding carboxylic acids is 1. The van der Waals surface area contributed by atoms with Crippen molar-refractivity contribution in [3.05, 3.63) is 70.6 Å². The van der Waals surface area contributed by atoms with E-state index < -0.39 is 38.5 Å². The number of nitrogens with zero attached hydrogens (tertiary/aromatic N) is 3. The molecule has 1 aliphatic heterocycles. The quantitative estimate of drug-likeness (QED) is 0.213. The normalized spacial score (nSPS) is 15.9. The molecule has 196 valence electrons. The second kappa shape index (κ2) is 11.4. The largest absolute Gasteiger partial charge is 0.497 e. The predicted octanol–water partition coefficient (Wildman–Crippen LogP) is 4.92. The van der Waals surface area contributed by atoms with Crippen LogP contribution in [0.5, 0.6) is 11.5 Å². The fraction of sp³-hybridized carbons (Fsp3) is 0.280. The number of aromatic nitrogens is 1. The first-order chi connectivity index (χ1) is 17.8. The highest BCUT2D eigenvalue weighted by Gasteiger charge is 2.31. The first-order valence-electron chi connectivity index (χ1n) is 11.2. The third kappa shape index (κ3) is 5.52. The summed E-state index contributed by atoms with van der Waals surface area (Å²) in [4.78, 5) is 15.7. The standard InChI is InChI=1S/C25H23ClF3N3O4S/c1-35-17-7-6-16(20(10-17)36-2)13-32(22-5-3-4-21(28)30-22)37(34)25-18(27)11-19(23(26)24(25)29)31-9-8-15(12-31)14-33/h3-7,10-11,14-15H,8-9,12-13H2,1-2H3/t15-,37?/m1/s1. The average Bonchev–Trinajstić information content (AvgIpc) is 3.38. The van der Waals surface area contributed by atoms with Gasteiger partial charge in [-0.15, -0.1) is 0 Å². The molecular formula is C25H23ClF3N3O4S. The lowest BCUT2D eigenvalue weighted by Gasteiger charge is -2.25. The molecule has 0 aliphatic carbocycles. The zero-order chi connectivity index (χ0) is 26.7. The number of carbonyl (C=O) groups is 1. The Morgan fingerprint density at radius 3 is 2.62 bits per heavy atom. The van der Waals surface area contributed by atoms with Crippen LogP contribution in [-0.4, -0.2) is 42.8 Å². The molecule has 0 saturated carbocycles. The van der Waals surface area contributed by atoms with E-state index in [2.05, 4.69) is 4.98 Å². The Hall–Kier alpha value is -3.31. The Morgan fingerprint density at radius 2 is 1.97 bits per heavy atom. The third-order valence-electron chi connectivity index (χ3n) is 5.99. The first kappa shape index (κ1) is 26.7. The van der Waals surface area contributed by atoms with Crippen molar-refractivity contribution in [1.29, 1.82) is 0 Å². The van der Waals surface area contributed by atoms with Gasteiger partial charge in [-0.2, -0.15) is 4.39 Å². The minimum atomic E-state index is -2.54. The maximum Gasteiger partial charge on any atom is 0.214 e. The van der Waals surface area contributed by atoms with E-state index in [-0.39, 0.29) is 30.5 Å². The number of ether oxygens (including phenoxy) is 2. The number of hydrogen-bond acceptors (Lipinski definition) is 6. The van der Waals surface area contributed by atoms with E-state index >= 15 is 8.78 Å². The van der Waals surface area contributed by atoms with Crippen molar-refractivity contribution in [2.45, 2.75) is 17.9 Å². The van der Waals surface area contributed by atoms with E-state index in [0.29, 0.717) is 30.0 Å². The fourth-order valence-electron chi connectivity index (χ4n) is 4.08. The van der Waals surface area contributed by atoms with Gasteiger partial charge in [-0.25, -0.2) is 18.0 Å². The Labute approximate surface area is 219 Å². The van der Waals surface area contributed by atoms with E-state index in [0.717, 1.165) is 22.7 Å². The van der Waals surface area contributed by atoms with E-state index in [1.165, 1.54) is 26.4 Å². The van der Waals surface area contributed by atoms with Crippen LogP contribution < -0.4 is 18.7 Å². The fourth-order valence-corrected chi connectivity index (χ4v) is 5.64. The lowest BCUT2D eigenvalue weighted by molar-refractivity contribution is -0.110. The van der Waals surface area contributed by atoms with Crippen molar-refractivity contribution in [3.63, 3.8) is 0 Å². The zero-order valence-electron chi connectivity index (χ0n) is 19.9. The number of rotatable bonds is 9. The van der Waals surface area contributed by atoms with Gasteiger partial charge in [0.1, 0.15) is 39.3 Å². The SMILES string of the molecule is COc1ccc(CN(c2cccc(F)n2)S(=O)c2c(F)cc(N3CC[C@@H](C=O)C3)c(Cl)c2F)c(OC)c1. The minimum absolute atomic E-state index is 0.0639. The smallest absolute Gasteiger partial charge is 0.214 e. The number of methoxy groups -OCH3 is 2. The average molecular weight is 554 g/mol. The van der Waals surface area contributed by atoms with Gasteiger partial charge >= 0.3 is 0 Å². The molecule has 3 aromatic rings. The zero-order valence-corrected chi connectivity index (χ0v) is 21.5. The predicted molar refractivity (Wildman–Crippen MR) is 134 cm³/mol. The Bertz CT molecular complexity index is 1350. The Morgan fingerprint density at radius 1 is 1.19 bits per heavy atom. The summed E-state index contributed by atoms with van der Waals surface area (Å²) in [7, 11) is 0.359. The molecule has 7 nitrogen and oxygen atoms in total. The van der Waals surface area contributed by atoms with E-state index in [1.807, 2.05) is 0 Å². The maximum atomic E-state index is 15.5. The van der Waals surface area contributed by atoms with Crippen LogP contribution in [0.3, 0.4) is 0 Å². The highest BCUT2D eigenvalue weighted by atomic mass is 35.5. The number of benzene rings is 2. The van der Waals surface area contributed by atoms with Gasteiger partial charge in [-0.3, -0.25) is 4.31 Å². The van der Waals surface area contributed by atoms with Crippen molar-refractivity contribution in [3.8, 4) is 11.5 Å². The van der Waals surface area contributed by atoms with Crippen LogP contribution in [0, 0.1) is 23.5 Å². The molecule has 0 N–H and O–H groups in total. The molecule has 37 heavy (non-hydrogen) atoms. The molecule has 2 heterocycles. The second-order valence-electron chi connectivity index (χ2n) is 8.25. The van der Waals surface area contributed by atoms with Crippen LogP contribution in [0.2, 0.25) is 5.02 Å². The number of anilines is 2. The van der Waals surface area contributed by atoms with Gasteiger partial charge in [-0.05, 0) is 30.7 Å². The van der Waals surface area contributed by atoms with Crippen molar-refractivity contribution >= 4 is 40.4 Å². The molecule has 0 bridgehead atoms. The summed E-state index contributed by atoms with van der Waals surface area (Å²) in [6, 6.07) is 9.64. The lowest BCUT2D eigenvalue weighted by Crippen LogP contribution is -2.28. The summed E-state index contributed by atoms with van der Waals surface area (Å²) in [6.07, 6.45) is 1.32. The van der Waals surface area contributed by atoms with Gasteiger partial charge in [0, 0.05) is 36.7 Å². The molecular weight excluding hydrogens is 531 g/mol. The summed E-state index contributed by atoms with van der Waals surface area (Å²) < 4.78 is 70.2. The van der Waals surface area contributed by atoms with Crippen molar-refractivity contribution in [2.24, 2.45) is 5.92 Å². The number of pyridine rings is 1. The van der Waals surface area contributed by atoms with Crippen molar-refractivity contribution in [1.82, 2.24) is 4.98 Å². The second-order valence-corrected chi connectivity index (χ2v) is 9.97. The van der Waals surface area contributed by atoms with E-state index in [4.69, 9.17) is 21.1 Å². The van der Waals surface area contributed by atoms with Crippen LogP contribution >= 0.6 is 11.6 Å². The summed E-state index contributed by atoms with van der Waals surface area (Å²) in [6.45, 7) is 0.448. The van der Waals surface area contributed by atoms with Crippen molar-refractivity contribution < 1.29 is 31.6 Å². The highest BCUT2D eigenvalue weighted by molar-refractivity contribution is 7.86. The lowest BCUT2D eigenvalue weighted by atomic mass is 10.1. The third-order valence-corrected chi connectivity index (χ3v) is 7.79. The number of aldehydes is 1. The Kier molecular flexibility index (Phi) is 8.23. The molecule has 2 atom stereocenters. The van der Waals surface area contributed by atoms with E-state index in [1.54, 1.807) is 23.1 Å². The van der Waals surface area contributed by atoms with Gasteiger partial charge in [0.15, 0.2) is 16.8 Å². The topological polar surface area (TPSA) is 72.0 Å². The summed E-state index contributed by atoms with van der Waals surface area (Å²) >= 11 is 6.27. The van der Waals surface area contributed by atoms with Crippen LogP contribution in [-0.2, 0) is 22.3 Å². The Balaban J connectivity index is 1.77. The van der Waals surface area contributed by atoms with Gasteiger partial charge in [0.05, 0.1) is 26.5 Å². The molecule has 1 unspecified atom stereocenters. The molecule has 0 radical (unpaired) electrons. The van der Waals surface area contributed by atoms with Crippen LogP contribution in [0.1, 0.15) is 12.0 Å².